The number of halogens is 1. The number of nitrogens with one attached hydrogen (secondary N) is 2. The third-order valence-corrected chi connectivity index (χ3v) is 4.42. The Kier molecular flexibility index (Phi) is 4.89. The van der Waals surface area contributed by atoms with Gasteiger partial charge in [0.05, 0.1) is 7.11 Å². The zero-order chi connectivity index (χ0) is 19.5. The van der Waals surface area contributed by atoms with Gasteiger partial charge < -0.3 is 15.4 Å². The fourth-order valence-corrected chi connectivity index (χ4v) is 3.14. The largest absolute Gasteiger partial charge is 0.494 e. The number of rotatable bonds is 5. The van der Waals surface area contributed by atoms with Crippen LogP contribution in [0.15, 0.2) is 47.6 Å². The summed E-state index contributed by atoms with van der Waals surface area (Å²) in [6.45, 7) is 3.34. The Morgan fingerprint density at radius 3 is 2.79 bits per heavy atom. The van der Waals surface area contributed by atoms with Crippen LogP contribution < -0.4 is 15.4 Å². The Labute approximate surface area is 162 Å². The maximum Gasteiger partial charge on any atom is 0.182 e. The van der Waals surface area contributed by atoms with Gasteiger partial charge >= 0.3 is 0 Å². The smallest absolute Gasteiger partial charge is 0.182 e. The van der Waals surface area contributed by atoms with Gasteiger partial charge in [-0.1, -0.05) is 18.2 Å². The van der Waals surface area contributed by atoms with E-state index >= 15 is 0 Å². The molecular formula is C21H20FN5O. The van der Waals surface area contributed by atoms with Crippen LogP contribution >= 0.6 is 0 Å². The van der Waals surface area contributed by atoms with Crippen LogP contribution in [0.4, 0.5) is 10.2 Å². The molecule has 0 saturated carbocycles. The van der Waals surface area contributed by atoms with Gasteiger partial charge in [-0.3, -0.25) is 4.99 Å². The average Bonchev–Trinajstić information content (AvgIpc) is 2.74. The standard InChI is InChI=1S/C21H20FN5O/c1-3-24-20-15-10-13(14-6-4-5-7-16(14)22)11-18(28-2)19(15)26-21(27-20)17-12-23-8-9-25-17/h4-7,9-12,23H,3,8H2,1-2H3,(H,24,26,27). The number of aromatic nitrogens is 2. The molecule has 6 nitrogen and oxygen atoms in total. The maximum absolute atomic E-state index is 14.3. The Hall–Kier alpha value is -3.48. The van der Waals surface area contributed by atoms with Crippen LogP contribution in [-0.2, 0) is 0 Å². The van der Waals surface area contributed by atoms with Crippen molar-refractivity contribution in [3.8, 4) is 16.9 Å². The molecule has 7 heteroatoms. The first-order chi connectivity index (χ1) is 13.7. The molecule has 0 spiro atoms. The van der Waals surface area contributed by atoms with E-state index in [-0.39, 0.29) is 5.82 Å². The number of fused-ring (bicyclic) bond motifs is 1. The maximum atomic E-state index is 14.3. The molecule has 1 aliphatic heterocycles. The highest BCUT2D eigenvalue weighted by atomic mass is 19.1. The highest BCUT2D eigenvalue weighted by Crippen LogP contribution is 2.36. The molecule has 0 unspecified atom stereocenters. The lowest BCUT2D eigenvalue weighted by Crippen LogP contribution is -2.14. The van der Waals surface area contributed by atoms with Crippen molar-refractivity contribution in [3.63, 3.8) is 0 Å². The van der Waals surface area contributed by atoms with Crippen molar-refractivity contribution in [3.05, 3.63) is 54.2 Å². The van der Waals surface area contributed by atoms with E-state index in [9.17, 15) is 4.39 Å². The summed E-state index contributed by atoms with van der Waals surface area (Å²) in [6, 6.07) is 10.3. The van der Waals surface area contributed by atoms with Crippen molar-refractivity contribution in [2.45, 2.75) is 6.92 Å². The van der Waals surface area contributed by atoms with Crippen molar-refractivity contribution in [1.82, 2.24) is 15.3 Å². The molecular weight excluding hydrogens is 357 g/mol. The molecule has 2 N–H and O–H groups in total. The quantitative estimate of drug-likeness (QED) is 0.707. The van der Waals surface area contributed by atoms with Gasteiger partial charge in [0.25, 0.3) is 0 Å². The second kappa shape index (κ2) is 7.64. The summed E-state index contributed by atoms with van der Waals surface area (Å²) < 4.78 is 19.9. The first-order valence-corrected chi connectivity index (χ1v) is 9.06. The zero-order valence-corrected chi connectivity index (χ0v) is 15.7. The van der Waals surface area contributed by atoms with E-state index in [4.69, 9.17) is 4.74 Å². The van der Waals surface area contributed by atoms with E-state index in [0.29, 0.717) is 52.8 Å². The fourth-order valence-electron chi connectivity index (χ4n) is 3.14. The third kappa shape index (κ3) is 3.26. The Balaban J connectivity index is 1.97. The van der Waals surface area contributed by atoms with Crippen LogP contribution in [0.2, 0.25) is 0 Å². The summed E-state index contributed by atoms with van der Waals surface area (Å²) in [5.41, 5.74) is 2.49. The Bertz CT molecular complexity index is 1090. The van der Waals surface area contributed by atoms with Crippen LogP contribution in [-0.4, -0.2) is 36.4 Å². The van der Waals surface area contributed by atoms with Gasteiger partial charge in [0.2, 0.25) is 0 Å². The van der Waals surface area contributed by atoms with E-state index in [1.54, 1.807) is 43.8 Å². The fraction of sp³-hybridized carbons (Fsp3) is 0.190. The highest BCUT2D eigenvalue weighted by molar-refractivity contribution is 5.97. The van der Waals surface area contributed by atoms with Crippen molar-refractivity contribution >= 4 is 28.6 Å². The molecule has 142 valence electrons. The van der Waals surface area contributed by atoms with E-state index < -0.39 is 0 Å². The molecule has 0 bridgehead atoms. The number of methoxy groups -OCH3 is 1. The molecule has 2 aromatic carbocycles. The van der Waals surface area contributed by atoms with Gasteiger partial charge in [-0.05, 0) is 30.7 Å². The van der Waals surface area contributed by atoms with Crippen molar-refractivity contribution in [2.24, 2.45) is 4.99 Å². The lowest BCUT2D eigenvalue weighted by Gasteiger charge is -2.15. The zero-order valence-electron chi connectivity index (χ0n) is 15.7. The average molecular weight is 377 g/mol. The van der Waals surface area contributed by atoms with E-state index in [1.165, 1.54) is 6.07 Å². The minimum Gasteiger partial charge on any atom is -0.494 e. The first kappa shape index (κ1) is 17.9. The van der Waals surface area contributed by atoms with E-state index in [0.717, 1.165) is 5.39 Å². The molecule has 28 heavy (non-hydrogen) atoms. The molecule has 2 heterocycles. The van der Waals surface area contributed by atoms with Crippen LogP contribution in [0.5, 0.6) is 5.75 Å². The summed E-state index contributed by atoms with van der Waals surface area (Å²) in [6.07, 6.45) is 3.56. The molecule has 0 amide bonds. The third-order valence-electron chi connectivity index (χ3n) is 4.42. The van der Waals surface area contributed by atoms with Crippen LogP contribution in [0.25, 0.3) is 27.7 Å². The summed E-state index contributed by atoms with van der Waals surface area (Å²) in [5, 5.41) is 7.15. The second-order valence-corrected chi connectivity index (χ2v) is 6.23. The molecule has 0 saturated heterocycles. The van der Waals surface area contributed by atoms with Gasteiger partial charge in [-0.25, -0.2) is 14.4 Å². The first-order valence-electron chi connectivity index (χ1n) is 9.06. The lowest BCUT2D eigenvalue weighted by molar-refractivity contribution is 0.419. The Morgan fingerprint density at radius 2 is 2.07 bits per heavy atom. The van der Waals surface area contributed by atoms with Crippen LogP contribution in [0.1, 0.15) is 12.7 Å². The highest BCUT2D eigenvalue weighted by Gasteiger charge is 2.17. The minimum atomic E-state index is -0.292. The number of nitrogens with zero attached hydrogens (tertiary/aromatic N) is 3. The summed E-state index contributed by atoms with van der Waals surface area (Å²) in [5.74, 6) is 1.40. The van der Waals surface area contributed by atoms with E-state index in [2.05, 4.69) is 25.6 Å². The van der Waals surface area contributed by atoms with Crippen molar-refractivity contribution in [1.29, 1.82) is 0 Å². The molecule has 0 aliphatic carbocycles. The number of aliphatic imine (C=N–C) groups is 1. The molecule has 0 atom stereocenters. The number of hydrogen-bond acceptors (Lipinski definition) is 6. The van der Waals surface area contributed by atoms with Gasteiger partial charge in [0.15, 0.2) is 5.82 Å². The molecule has 4 rings (SSSR count). The van der Waals surface area contributed by atoms with Gasteiger partial charge in [0, 0.05) is 36.5 Å². The molecule has 0 radical (unpaired) electrons. The number of ether oxygens (including phenoxy) is 1. The van der Waals surface area contributed by atoms with Crippen molar-refractivity contribution in [2.75, 3.05) is 25.5 Å². The number of anilines is 1. The van der Waals surface area contributed by atoms with Gasteiger partial charge in [0.1, 0.15) is 28.6 Å². The Morgan fingerprint density at radius 1 is 1.21 bits per heavy atom. The molecule has 0 fully saturated rings. The summed E-state index contributed by atoms with van der Waals surface area (Å²) in [4.78, 5) is 13.7. The van der Waals surface area contributed by atoms with E-state index in [1.807, 2.05) is 13.0 Å². The SMILES string of the molecule is CCNc1nc(C2=CNCC=N2)nc2c(OC)cc(-c3ccccc3F)cc12. The van der Waals surface area contributed by atoms with Crippen molar-refractivity contribution < 1.29 is 9.13 Å². The molecule has 1 aromatic heterocycles. The van der Waals surface area contributed by atoms with Gasteiger partial charge in [-0.15, -0.1) is 0 Å². The van der Waals surface area contributed by atoms with Crippen LogP contribution in [0, 0.1) is 5.82 Å². The number of benzene rings is 2. The van der Waals surface area contributed by atoms with Crippen LogP contribution in [0.3, 0.4) is 0 Å². The summed E-state index contributed by atoms with van der Waals surface area (Å²) in [7, 11) is 1.58. The normalized spacial score (nSPS) is 13.2. The topological polar surface area (TPSA) is 71.4 Å². The predicted octanol–water partition coefficient (Wildman–Crippen LogP) is 3.85. The predicted molar refractivity (Wildman–Crippen MR) is 110 cm³/mol. The number of hydrogen-bond donors (Lipinski definition) is 2. The summed E-state index contributed by atoms with van der Waals surface area (Å²) >= 11 is 0. The lowest BCUT2D eigenvalue weighted by atomic mass is 10.0. The molecule has 3 aromatic rings. The minimum absolute atomic E-state index is 0.292. The van der Waals surface area contributed by atoms with Gasteiger partial charge in [-0.2, -0.15) is 0 Å². The molecule has 1 aliphatic rings. The monoisotopic (exact) mass is 377 g/mol. The second-order valence-electron chi connectivity index (χ2n) is 6.23.